The number of aldehydes is 1. The molecule has 0 spiro atoms. The van der Waals surface area contributed by atoms with Gasteiger partial charge < -0.3 is 21.1 Å². The molecule has 8 heteroatoms. The van der Waals surface area contributed by atoms with Gasteiger partial charge >= 0.3 is 0 Å². The van der Waals surface area contributed by atoms with Gasteiger partial charge in [0.2, 0.25) is 11.8 Å². The number of carbonyl (C=O) groups is 4. The molecule has 0 aliphatic rings. The van der Waals surface area contributed by atoms with Crippen LogP contribution in [-0.2, 0) is 14.4 Å². The molecular formula is C22H25N3O5. The van der Waals surface area contributed by atoms with Gasteiger partial charge in [0, 0.05) is 31.5 Å². The molecule has 2 rings (SSSR count). The molecule has 4 N–H and O–H groups in total. The Morgan fingerprint density at radius 1 is 0.933 bits per heavy atom. The Balaban J connectivity index is 1.82. The molecule has 0 fully saturated rings. The molecule has 0 atom stereocenters. The number of amides is 3. The molecule has 2 aromatic carbocycles. The van der Waals surface area contributed by atoms with E-state index >= 15 is 0 Å². The highest BCUT2D eigenvalue weighted by atomic mass is 16.5. The van der Waals surface area contributed by atoms with Crippen molar-refractivity contribution in [3.8, 4) is 16.9 Å². The summed E-state index contributed by atoms with van der Waals surface area (Å²) in [4.78, 5) is 45.0. The van der Waals surface area contributed by atoms with Crippen molar-refractivity contribution in [2.45, 2.75) is 19.3 Å². The lowest BCUT2D eigenvalue weighted by Crippen LogP contribution is -2.34. The Hall–Kier alpha value is -3.68. The zero-order chi connectivity index (χ0) is 21.8. The van der Waals surface area contributed by atoms with Gasteiger partial charge in [0.15, 0.2) is 6.29 Å². The van der Waals surface area contributed by atoms with Crippen molar-refractivity contribution in [2.75, 3.05) is 19.7 Å². The van der Waals surface area contributed by atoms with E-state index in [-0.39, 0.29) is 37.8 Å². The van der Waals surface area contributed by atoms with Crippen molar-refractivity contribution in [2.24, 2.45) is 5.73 Å². The molecular weight excluding hydrogens is 386 g/mol. The molecule has 0 heterocycles. The van der Waals surface area contributed by atoms with Gasteiger partial charge in [0.05, 0.1) is 0 Å². The summed E-state index contributed by atoms with van der Waals surface area (Å²) < 4.78 is 5.23. The minimum atomic E-state index is -0.431. The maximum atomic E-state index is 12.4. The number of rotatable bonds is 12. The van der Waals surface area contributed by atoms with Crippen LogP contribution < -0.4 is 21.1 Å². The van der Waals surface area contributed by atoms with Crippen molar-refractivity contribution in [3.05, 3.63) is 54.1 Å². The van der Waals surface area contributed by atoms with Gasteiger partial charge in [0.1, 0.15) is 12.4 Å². The maximum absolute atomic E-state index is 12.4. The highest BCUT2D eigenvalue weighted by Gasteiger charge is 2.08. The quantitative estimate of drug-likeness (QED) is 0.360. The fraction of sp³-hybridized carbons (Fsp3) is 0.273. The normalized spacial score (nSPS) is 10.1. The Bertz CT molecular complexity index is 881. The Morgan fingerprint density at radius 3 is 2.37 bits per heavy atom. The molecule has 0 saturated heterocycles. The van der Waals surface area contributed by atoms with E-state index < -0.39 is 5.91 Å². The van der Waals surface area contributed by atoms with E-state index in [0.29, 0.717) is 30.6 Å². The van der Waals surface area contributed by atoms with E-state index in [2.05, 4.69) is 10.6 Å². The van der Waals surface area contributed by atoms with Gasteiger partial charge in [-0.05, 0) is 41.8 Å². The average molecular weight is 411 g/mol. The summed E-state index contributed by atoms with van der Waals surface area (Å²) in [7, 11) is 0. The van der Waals surface area contributed by atoms with E-state index in [4.69, 9.17) is 10.5 Å². The van der Waals surface area contributed by atoms with Crippen LogP contribution in [0, 0.1) is 0 Å². The smallest absolute Gasteiger partial charge is 0.251 e. The van der Waals surface area contributed by atoms with E-state index in [0.717, 1.165) is 11.1 Å². The largest absolute Gasteiger partial charge is 0.486 e. The first-order chi connectivity index (χ1) is 14.5. The van der Waals surface area contributed by atoms with Crippen LogP contribution in [0.4, 0.5) is 0 Å². The standard InChI is InChI=1S/C22H25N3O5/c23-20(27)5-2-6-21(28)24-11-12-25-22(29)18-4-1-3-17(15-18)16-7-9-19(10-8-16)30-14-13-26/h1,3-4,7-10,13,15H,2,5-6,11-12,14H2,(H2,23,27)(H,24,28)(H,25,29). The van der Waals surface area contributed by atoms with Crippen LogP contribution in [0.5, 0.6) is 5.75 Å². The van der Waals surface area contributed by atoms with Crippen molar-refractivity contribution in [1.82, 2.24) is 10.6 Å². The monoisotopic (exact) mass is 411 g/mol. The third-order valence-corrected chi connectivity index (χ3v) is 4.19. The van der Waals surface area contributed by atoms with Gasteiger partial charge in [-0.3, -0.25) is 19.2 Å². The first-order valence-corrected chi connectivity index (χ1v) is 9.59. The summed E-state index contributed by atoms with van der Waals surface area (Å²) in [5.74, 6) is -0.269. The number of hydrogen-bond acceptors (Lipinski definition) is 5. The second kappa shape index (κ2) is 12.0. The number of benzene rings is 2. The Kier molecular flexibility index (Phi) is 9.05. The van der Waals surface area contributed by atoms with Gasteiger partial charge in [0.25, 0.3) is 5.91 Å². The molecule has 0 aliphatic heterocycles. The number of hydrogen-bond donors (Lipinski definition) is 3. The summed E-state index contributed by atoms with van der Waals surface area (Å²) in [6.07, 6.45) is 1.49. The summed E-state index contributed by atoms with van der Waals surface area (Å²) >= 11 is 0. The van der Waals surface area contributed by atoms with Crippen molar-refractivity contribution < 1.29 is 23.9 Å². The molecule has 0 aromatic heterocycles. The van der Waals surface area contributed by atoms with Crippen LogP contribution in [0.3, 0.4) is 0 Å². The minimum absolute atomic E-state index is 0.00281. The topological polar surface area (TPSA) is 128 Å². The molecule has 0 saturated carbocycles. The lowest BCUT2D eigenvalue weighted by molar-refractivity contribution is -0.121. The second-order valence-corrected chi connectivity index (χ2v) is 6.51. The molecule has 0 radical (unpaired) electrons. The third kappa shape index (κ3) is 7.75. The van der Waals surface area contributed by atoms with E-state index in [1.54, 1.807) is 30.3 Å². The Labute approximate surface area is 174 Å². The van der Waals surface area contributed by atoms with Crippen molar-refractivity contribution in [1.29, 1.82) is 0 Å². The van der Waals surface area contributed by atoms with Crippen LogP contribution in [0.15, 0.2) is 48.5 Å². The van der Waals surface area contributed by atoms with Gasteiger partial charge in [-0.15, -0.1) is 0 Å². The summed E-state index contributed by atoms with van der Waals surface area (Å²) in [6, 6.07) is 14.4. The number of ether oxygens (including phenoxy) is 1. The predicted molar refractivity (Wildman–Crippen MR) is 112 cm³/mol. The lowest BCUT2D eigenvalue weighted by Gasteiger charge is -2.09. The lowest BCUT2D eigenvalue weighted by atomic mass is 10.0. The van der Waals surface area contributed by atoms with Crippen LogP contribution in [0.2, 0.25) is 0 Å². The molecule has 8 nitrogen and oxygen atoms in total. The van der Waals surface area contributed by atoms with Gasteiger partial charge in [-0.1, -0.05) is 24.3 Å². The first kappa shape index (κ1) is 22.6. The third-order valence-electron chi connectivity index (χ3n) is 4.19. The first-order valence-electron chi connectivity index (χ1n) is 9.59. The SMILES string of the molecule is NC(=O)CCCC(=O)NCCNC(=O)c1cccc(-c2ccc(OCC=O)cc2)c1. The molecule has 0 bridgehead atoms. The van der Waals surface area contributed by atoms with E-state index in [1.165, 1.54) is 0 Å². The van der Waals surface area contributed by atoms with E-state index in [9.17, 15) is 19.2 Å². The molecule has 3 amide bonds. The average Bonchev–Trinajstić information content (AvgIpc) is 2.75. The predicted octanol–water partition coefficient (Wildman–Crippen LogP) is 1.43. The highest BCUT2D eigenvalue weighted by molar-refractivity contribution is 5.95. The van der Waals surface area contributed by atoms with Gasteiger partial charge in [-0.25, -0.2) is 0 Å². The molecule has 0 unspecified atom stereocenters. The number of nitrogens with one attached hydrogen (secondary N) is 2. The summed E-state index contributed by atoms with van der Waals surface area (Å²) in [5, 5.41) is 5.44. The van der Waals surface area contributed by atoms with Crippen molar-refractivity contribution >= 4 is 24.0 Å². The van der Waals surface area contributed by atoms with Gasteiger partial charge in [-0.2, -0.15) is 0 Å². The number of primary amides is 1. The number of nitrogens with two attached hydrogens (primary N) is 1. The minimum Gasteiger partial charge on any atom is -0.486 e. The molecule has 158 valence electrons. The maximum Gasteiger partial charge on any atom is 0.251 e. The highest BCUT2D eigenvalue weighted by Crippen LogP contribution is 2.23. The van der Waals surface area contributed by atoms with E-state index in [1.807, 2.05) is 18.2 Å². The summed E-state index contributed by atoms with van der Waals surface area (Å²) in [5.41, 5.74) is 7.30. The molecule has 2 aromatic rings. The zero-order valence-corrected chi connectivity index (χ0v) is 16.6. The fourth-order valence-electron chi connectivity index (χ4n) is 2.71. The number of carbonyl (C=O) groups excluding carboxylic acids is 4. The van der Waals surface area contributed by atoms with Crippen LogP contribution >= 0.6 is 0 Å². The molecule has 30 heavy (non-hydrogen) atoms. The summed E-state index contributed by atoms with van der Waals surface area (Å²) in [6.45, 7) is 0.583. The second-order valence-electron chi connectivity index (χ2n) is 6.51. The Morgan fingerprint density at radius 2 is 1.67 bits per heavy atom. The van der Waals surface area contributed by atoms with Crippen LogP contribution in [0.1, 0.15) is 29.6 Å². The van der Waals surface area contributed by atoms with Crippen molar-refractivity contribution in [3.63, 3.8) is 0 Å². The zero-order valence-electron chi connectivity index (χ0n) is 16.6. The van der Waals surface area contributed by atoms with Crippen LogP contribution in [-0.4, -0.2) is 43.7 Å². The fourth-order valence-corrected chi connectivity index (χ4v) is 2.71. The molecule has 0 aliphatic carbocycles. The van der Waals surface area contributed by atoms with Crippen LogP contribution in [0.25, 0.3) is 11.1 Å².